The molecule has 6 heteroatoms. The molecule has 5 nitrogen and oxygen atoms in total. The van der Waals surface area contributed by atoms with Gasteiger partial charge < -0.3 is 9.73 Å². The Balaban J connectivity index is 1.63. The van der Waals surface area contributed by atoms with E-state index >= 15 is 0 Å². The lowest BCUT2D eigenvalue weighted by molar-refractivity contribution is 0.0953. The number of halogens is 1. The summed E-state index contributed by atoms with van der Waals surface area (Å²) in [4.78, 5) is 25.8. The molecule has 1 amide bonds. The molecule has 0 spiro atoms. The zero-order chi connectivity index (χ0) is 15.5. The number of amides is 1. The molecular weight excluding hydrogens is 348 g/mol. The van der Waals surface area contributed by atoms with E-state index in [0.717, 1.165) is 10.0 Å². The first-order chi connectivity index (χ1) is 10.6. The maximum Gasteiger partial charge on any atom is 0.417 e. The number of carbonyl (C=O) groups excluding carboxylic acids is 1. The lowest BCUT2D eigenvalue weighted by Gasteiger charge is -2.07. The van der Waals surface area contributed by atoms with Crippen molar-refractivity contribution in [3.63, 3.8) is 0 Å². The molecule has 3 rings (SSSR count). The second kappa shape index (κ2) is 6.19. The van der Waals surface area contributed by atoms with Crippen LogP contribution in [0.15, 0.2) is 56.1 Å². The molecule has 0 saturated heterocycles. The average Bonchev–Trinajstić information content (AvgIpc) is 2.87. The van der Waals surface area contributed by atoms with Gasteiger partial charge in [-0.2, -0.15) is 0 Å². The van der Waals surface area contributed by atoms with E-state index in [4.69, 9.17) is 4.42 Å². The van der Waals surface area contributed by atoms with Gasteiger partial charge in [0.1, 0.15) is 0 Å². The maximum absolute atomic E-state index is 12.1. The number of H-pyrrole nitrogens is 1. The minimum Gasteiger partial charge on any atom is -0.408 e. The Bertz CT molecular complexity index is 882. The van der Waals surface area contributed by atoms with Gasteiger partial charge >= 0.3 is 5.76 Å². The van der Waals surface area contributed by atoms with E-state index < -0.39 is 5.76 Å². The number of aromatic nitrogens is 1. The smallest absolute Gasteiger partial charge is 0.408 e. The Hall–Kier alpha value is -2.34. The second-order valence-corrected chi connectivity index (χ2v) is 5.69. The van der Waals surface area contributed by atoms with Crippen molar-refractivity contribution in [2.45, 2.75) is 6.42 Å². The van der Waals surface area contributed by atoms with Gasteiger partial charge in [0.15, 0.2) is 5.58 Å². The number of carbonyl (C=O) groups is 1. The summed E-state index contributed by atoms with van der Waals surface area (Å²) in [6.07, 6.45) is 0.666. The van der Waals surface area contributed by atoms with Gasteiger partial charge in [-0.15, -0.1) is 0 Å². The van der Waals surface area contributed by atoms with Crippen LogP contribution < -0.4 is 11.1 Å². The third-order valence-corrected chi connectivity index (χ3v) is 3.99. The maximum atomic E-state index is 12.1. The lowest BCUT2D eigenvalue weighted by atomic mass is 10.1. The molecule has 0 aliphatic rings. The van der Waals surface area contributed by atoms with Crippen molar-refractivity contribution >= 4 is 32.9 Å². The third kappa shape index (κ3) is 3.12. The number of rotatable bonds is 4. The molecule has 112 valence electrons. The summed E-state index contributed by atoms with van der Waals surface area (Å²) >= 11 is 3.36. The van der Waals surface area contributed by atoms with Gasteiger partial charge in [0, 0.05) is 11.0 Å². The van der Waals surface area contributed by atoms with Gasteiger partial charge in [-0.25, -0.2) is 4.79 Å². The van der Waals surface area contributed by atoms with Crippen molar-refractivity contribution in [3.05, 3.63) is 68.6 Å². The number of oxazole rings is 1. The number of hydrogen-bond donors (Lipinski definition) is 2. The molecule has 3 aromatic rings. The summed E-state index contributed by atoms with van der Waals surface area (Å²) < 4.78 is 5.72. The molecule has 22 heavy (non-hydrogen) atoms. The summed E-state index contributed by atoms with van der Waals surface area (Å²) in [7, 11) is 0. The summed E-state index contributed by atoms with van der Waals surface area (Å²) in [5, 5.41) is 2.88. The van der Waals surface area contributed by atoms with E-state index in [0.29, 0.717) is 29.6 Å². The highest BCUT2D eigenvalue weighted by Crippen LogP contribution is 2.16. The molecule has 0 unspecified atom stereocenters. The van der Waals surface area contributed by atoms with E-state index in [1.807, 2.05) is 30.3 Å². The molecule has 0 saturated carbocycles. The van der Waals surface area contributed by atoms with Crippen molar-refractivity contribution in [3.8, 4) is 0 Å². The molecule has 0 radical (unpaired) electrons. The van der Waals surface area contributed by atoms with Crippen LogP contribution in [0.2, 0.25) is 0 Å². The molecule has 0 bridgehead atoms. The normalized spacial score (nSPS) is 10.8. The number of fused-ring (bicyclic) bond motifs is 1. The molecule has 2 aromatic carbocycles. The fraction of sp³-hybridized carbons (Fsp3) is 0.125. The molecule has 1 heterocycles. The van der Waals surface area contributed by atoms with Gasteiger partial charge in [0.05, 0.1) is 11.1 Å². The van der Waals surface area contributed by atoms with Gasteiger partial charge in [-0.3, -0.25) is 9.78 Å². The van der Waals surface area contributed by atoms with Crippen LogP contribution in [0.1, 0.15) is 15.9 Å². The fourth-order valence-corrected chi connectivity index (χ4v) is 2.68. The first kappa shape index (κ1) is 14.6. The lowest BCUT2D eigenvalue weighted by Crippen LogP contribution is -2.25. The summed E-state index contributed by atoms with van der Waals surface area (Å²) in [5.41, 5.74) is 2.82. The predicted molar refractivity (Wildman–Crippen MR) is 87.0 cm³/mol. The topological polar surface area (TPSA) is 75.1 Å². The van der Waals surface area contributed by atoms with Gasteiger partial charge in [0.25, 0.3) is 5.91 Å². The molecule has 0 fully saturated rings. The summed E-state index contributed by atoms with van der Waals surface area (Å²) in [5.74, 6) is -0.584. The number of benzene rings is 2. The van der Waals surface area contributed by atoms with Crippen molar-refractivity contribution in [2.24, 2.45) is 0 Å². The first-order valence-corrected chi connectivity index (χ1v) is 7.57. The standard InChI is InChI=1S/C16H13BrN2O3/c17-12-4-2-1-3-11(12)15(20)18-8-7-10-5-6-14-13(9-10)19-16(21)22-14/h1-6,9H,7-8H2,(H,18,20)(H,19,21). The Labute approximate surface area is 134 Å². The van der Waals surface area contributed by atoms with Crippen LogP contribution >= 0.6 is 15.9 Å². The highest BCUT2D eigenvalue weighted by molar-refractivity contribution is 9.10. The largest absolute Gasteiger partial charge is 0.417 e. The molecule has 0 aliphatic carbocycles. The fourth-order valence-electron chi connectivity index (χ4n) is 2.22. The van der Waals surface area contributed by atoms with E-state index in [1.54, 1.807) is 12.1 Å². The Morgan fingerprint density at radius 1 is 1.23 bits per heavy atom. The van der Waals surface area contributed by atoms with Crippen LogP contribution in [0, 0.1) is 0 Å². The first-order valence-electron chi connectivity index (χ1n) is 6.78. The van der Waals surface area contributed by atoms with Crippen LogP contribution in [-0.4, -0.2) is 17.4 Å². The molecule has 2 N–H and O–H groups in total. The zero-order valence-electron chi connectivity index (χ0n) is 11.6. The summed E-state index contributed by atoms with van der Waals surface area (Å²) in [6.45, 7) is 0.508. The van der Waals surface area contributed by atoms with Gasteiger partial charge in [0.2, 0.25) is 0 Å². The average molecular weight is 361 g/mol. The Morgan fingerprint density at radius 3 is 2.86 bits per heavy atom. The van der Waals surface area contributed by atoms with Crippen LogP contribution in [0.5, 0.6) is 0 Å². The minimum atomic E-state index is -0.464. The minimum absolute atomic E-state index is 0.120. The van der Waals surface area contributed by atoms with E-state index in [2.05, 4.69) is 26.2 Å². The second-order valence-electron chi connectivity index (χ2n) is 4.83. The highest BCUT2D eigenvalue weighted by Gasteiger charge is 2.08. The quantitative estimate of drug-likeness (QED) is 0.751. The van der Waals surface area contributed by atoms with Crippen LogP contribution in [0.4, 0.5) is 0 Å². The molecular formula is C16H13BrN2O3. The van der Waals surface area contributed by atoms with Crippen LogP contribution in [0.25, 0.3) is 11.1 Å². The molecule has 0 aliphatic heterocycles. The molecule has 1 aromatic heterocycles. The van der Waals surface area contributed by atoms with Crippen LogP contribution in [0.3, 0.4) is 0 Å². The number of hydrogen-bond acceptors (Lipinski definition) is 3. The number of nitrogens with one attached hydrogen (secondary N) is 2. The predicted octanol–water partition coefficient (Wildman–Crippen LogP) is 2.86. The van der Waals surface area contributed by atoms with Crippen molar-refractivity contribution in [1.29, 1.82) is 0 Å². The van der Waals surface area contributed by atoms with Crippen LogP contribution in [-0.2, 0) is 6.42 Å². The SMILES string of the molecule is O=C(NCCc1ccc2oc(=O)[nH]c2c1)c1ccccc1Br. The van der Waals surface area contributed by atoms with E-state index in [9.17, 15) is 9.59 Å². The van der Waals surface area contributed by atoms with Crippen molar-refractivity contribution in [1.82, 2.24) is 10.3 Å². The van der Waals surface area contributed by atoms with Gasteiger partial charge in [-0.1, -0.05) is 18.2 Å². The van der Waals surface area contributed by atoms with E-state index in [-0.39, 0.29) is 5.91 Å². The van der Waals surface area contributed by atoms with Crippen molar-refractivity contribution < 1.29 is 9.21 Å². The summed E-state index contributed by atoms with van der Waals surface area (Å²) in [6, 6.07) is 12.8. The highest BCUT2D eigenvalue weighted by atomic mass is 79.9. The Kier molecular flexibility index (Phi) is 4.11. The van der Waals surface area contributed by atoms with E-state index in [1.165, 1.54) is 0 Å². The van der Waals surface area contributed by atoms with Gasteiger partial charge in [-0.05, 0) is 52.2 Å². The molecule has 0 atom stereocenters. The third-order valence-electron chi connectivity index (χ3n) is 3.30. The Morgan fingerprint density at radius 2 is 2.05 bits per heavy atom. The van der Waals surface area contributed by atoms with Crippen molar-refractivity contribution in [2.75, 3.05) is 6.54 Å². The number of aromatic amines is 1. The zero-order valence-corrected chi connectivity index (χ0v) is 13.1. The monoisotopic (exact) mass is 360 g/mol.